The molecular formula is C17H25N3O4. The maximum atomic E-state index is 12.0. The van der Waals surface area contributed by atoms with E-state index >= 15 is 0 Å². The van der Waals surface area contributed by atoms with E-state index < -0.39 is 0 Å². The van der Waals surface area contributed by atoms with Crippen molar-refractivity contribution in [1.29, 1.82) is 0 Å². The van der Waals surface area contributed by atoms with Crippen molar-refractivity contribution in [2.75, 3.05) is 38.6 Å². The van der Waals surface area contributed by atoms with Gasteiger partial charge in [0.05, 0.1) is 32.0 Å². The maximum absolute atomic E-state index is 12.0. The molecule has 1 atom stereocenters. The second-order valence-corrected chi connectivity index (χ2v) is 6.06. The number of anilines is 1. The third-order valence-electron chi connectivity index (χ3n) is 3.92. The summed E-state index contributed by atoms with van der Waals surface area (Å²) in [5.74, 6) is 0.0315. The number of rotatable bonds is 6. The second-order valence-electron chi connectivity index (χ2n) is 6.06. The molecule has 0 radical (unpaired) electrons. The highest BCUT2D eigenvalue weighted by molar-refractivity contribution is 5.96. The third-order valence-corrected chi connectivity index (χ3v) is 3.92. The monoisotopic (exact) mass is 335 g/mol. The molecule has 0 aliphatic carbocycles. The number of benzene rings is 1. The molecular weight excluding hydrogens is 310 g/mol. The minimum absolute atomic E-state index is 0.105. The second kappa shape index (κ2) is 8.65. The zero-order chi connectivity index (χ0) is 17.5. The fourth-order valence-corrected chi connectivity index (χ4v) is 2.73. The Balaban J connectivity index is 1.78. The summed E-state index contributed by atoms with van der Waals surface area (Å²) in [6.07, 6.45) is 1.28. The fraction of sp³-hybridized carbons (Fsp3) is 0.529. The molecule has 1 heterocycles. The summed E-state index contributed by atoms with van der Waals surface area (Å²) >= 11 is 0. The lowest BCUT2D eigenvalue weighted by molar-refractivity contribution is -0.125. The number of aryl methyl sites for hydroxylation is 1. The van der Waals surface area contributed by atoms with Crippen LogP contribution in [0.15, 0.2) is 18.2 Å². The van der Waals surface area contributed by atoms with Crippen LogP contribution < -0.4 is 15.4 Å². The molecule has 7 heteroatoms. The Morgan fingerprint density at radius 2 is 2.17 bits per heavy atom. The van der Waals surface area contributed by atoms with Crippen LogP contribution in [0, 0.1) is 6.92 Å². The zero-order valence-electron chi connectivity index (χ0n) is 14.2. The smallest absolute Gasteiger partial charge is 0.243 e. The van der Waals surface area contributed by atoms with Crippen LogP contribution in [0.1, 0.15) is 18.4 Å². The standard InChI is InChI=1S/C17H25N3O4/c1-12-5-6-15(24-2)14(8-12)19-16(22)9-18-17(23)11-20-7-3-4-13(21)10-20/h5-6,8,13,21H,3-4,7,9-11H2,1-2H3,(H,18,23)(H,19,22)/t13-/m1/s1. The van der Waals surface area contributed by atoms with Crippen molar-refractivity contribution in [2.24, 2.45) is 0 Å². The first kappa shape index (κ1) is 18.2. The number of hydrogen-bond acceptors (Lipinski definition) is 5. The summed E-state index contributed by atoms with van der Waals surface area (Å²) in [4.78, 5) is 25.8. The highest BCUT2D eigenvalue weighted by atomic mass is 16.5. The van der Waals surface area contributed by atoms with E-state index in [0.717, 1.165) is 24.9 Å². The molecule has 1 fully saturated rings. The number of nitrogens with one attached hydrogen (secondary N) is 2. The molecule has 1 aliphatic rings. The van der Waals surface area contributed by atoms with Crippen molar-refractivity contribution in [3.63, 3.8) is 0 Å². The molecule has 0 aromatic heterocycles. The molecule has 7 nitrogen and oxygen atoms in total. The van der Waals surface area contributed by atoms with Crippen LogP contribution in [0.3, 0.4) is 0 Å². The number of aliphatic hydroxyl groups is 1. The Hall–Kier alpha value is -2.12. The Kier molecular flexibility index (Phi) is 6.57. The SMILES string of the molecule is COc1ccc(C)cc1NC(=O)CNC(=O)CN1CCC[C@@H](O)C1. The third kappa shape index (κ3) is 5.50. The number of nitrogens with zero attached hydrogens (tertiary/aromatic N) is 1. The lowest BCUT2D eigenvalue weighted by atomic mass is 10.1. The van der Waals surface area contributed by atoms with E-state index in [4.69, 9.17) is 4.74 Å². The number of hydrogen-bond donors (Lipinski definition) is 3. The minimum Gasteiger partial charge on any atom is -0.495 e. The average molecular weight is 335 g/mol. The highest BCUT2D eigenvalue weighted by Gasteiger charge is 2.19. The van der Waals surface area contributed by atoms with E-state index in [-0.39, 0.29) is 31.0 Å². The molecule has 0 bridgehead atoms. The molecule has 24 heavy (non-hydrogen) atoms. The number of amides is 2. The summed E-state index contributed by atoms with van der Waals surface area (Å²) in [7, 11) is 1.54. The van der Waals surface area contributed by atoms with Crippen molar-refractivity contribution in [3.8, 4) is 5.75 Å². The maximum Gasteiger partial charge on any atom is 0.243 e. The molecule has 2 rings (SSSR count). The number of likely N-dealkylation sites (tertiary alicyclic amines) is 1. The number of aliphatic hydroxyl groups excluding tert-OH is 1. The van der Waals surface area contributed by atoms with Crippen molar-refractivity contribution in [1.82, 2.24) is 10.2 Å². The van der Waals surface area contributed by atoms with E-state index in [2.05, 4.69) is 10.6 Å². The fourth-order valence-electron chi connectivity index (χ4n) is 2.73. The van der Waals surface area contributed by atoms with E-state index in [1.54, 1.807) is 6.07 Å². The largest absolute Gasteiger partial charge is 0.495 e. The van der Waals surface area contributed by atoms with E-state index in [1.165, 1.54) is 7.11 Å². The quantitative estimate of drug-likeness (QED) is 0.705. The van der Waals surface area contributed by atoms with Crippen LogP contribution in [-0.4, -0.2) is 61.2 Å². The molecule has 1 aromatic carbocycles. The molecule has 1 aliphatic heterocycles. The van der Waals surface area contributed by atoms with Crippen LogP contribution in [0.2, 0.25) is 0 Å². The number of methoxy groups -OCH3 is 1. The number of piperidine rings is 1. The summed E-state index contributed by atoms with van der Waals surface area (Å²) in [6, 6.07) is 5.49. The summed E-state index contributed by atoms with van der Waals surface area (Å²) in [5.41, 5.74) is 1.58. The van der Waals surface area contributed by atoms with Gasteiger partial charge in [-0.2, -0.15) is 0 Å². The summed E-state index contributed by atoms with van der Waals surface area (Å²) in [5, 5.41) is 14.9. The van der Waals surface area contributed by atoms with Crippen LogP contribution in [0.25, 0.3) is 0 Å². The Labute approximate surface area is 142 Å². The van der Waals surface area contributed by atoms with Gasteiger partial charge in [-0.1, -0.05) is 6.07 Å². The molecule has 1 aromatic rings. The average Bonchev–Trinajstić information content (AvgIpc) is 2.53. The van der Waals surface area contributed by atoms with Crippen LogP contribution in [0.4, 0.5) is 5.69 Å². The van der Waals surface area contributed by atoms with Crippen LogP contribution >= 0.6 is 0 Å². The Bertz CT molecular complexity index is 591. The van der Waals surface area contributed by atoms with Gasteiger partial charge in [-0.3, -0.25) is 14.5 Å². The van der Waals surface area contributed by atoms with Gasteiger partial charge in [0, 0.05) is 6.54 Å². The van der Waals surface area contributed by atoms with Crippen LogP contribution in [-0.2, 0) is 9.59 Å². The van der Waals surface area contributed by atoms with Crippen molar-refractivity contribution in [2.45, 2.75) is 25.9 Å². The minimum atomic E-state index is -0.372. The molecule has 2 amide bonds. The number of ether oxygens (including phenoxy) is 1. The number of carbonyl (C=O) groups is 2. The lowest BCUT2D eigenvalue weighted by Crippen LogP contribution is -2.45. The first-order valence-electron chi connectivity index (χ1n) is 8.09. The van der Waals surface area contributed by atoms with Gasteiger partial charge in [-0.15, -0.1) is 0 Å². The van der Waals surface area contributed by atoms with E-state index in [0.29, 0.717) is 18.0 Å². The van der Waals surface area contributed by atoms with E-state index in [1.807, 2.05) is 24.0 Å². The van der Waals surface area contributed by atoms with Gasteiger partial charge in [0.1, 0.15) is 5.75 Å². The summed E-state index contributed by atoms with van der Waals surface area (Å²) < 4.78 is 5.20. The number of carbonyl (C=O) groups excluding carboxylic acids is 2. The molecule has 0 spiro atoms. The topological polar surface area (TPSA) is 90.9 Å². The van der Waals surface area contributed by atoms with Gasteiger partial charge < -0.3 is 20.5 Å². The molecule has 132 valence electrons. The van der Waals surface area contributed by atoms with Gasteiger partial charge in [-0.05, 0) is 44.0 Å². The highest BCUT2D eigenvalue weighted by Crippen LogP contribution is 2.24. The lowest BCUT2D eigenvalue weighted by Gasteiger charge is -2.29. The van der Waals surface area contributed by atoms with Gasteiger partial charge >= 0.3 is 0 Å². The van der Waals surface area contributed by atoms with Gasteiger partial charge in [0.2, 0.25) is 11.8 Å². The van der Waals surface area contributed by atoms with E-state index in [9.17, 15) is 14.7 Å². The predicted molar refractivity (Wildman–Crippen MR) is 91.1 cm³/mol. The molecule has 0 saturated carbocycles. The number of β-amino-alcohol motifs (C(OH)–C–C–N with tert-alkyl or cyclic N) is 1. The normalized spacial score (nSPS) is 18.0. The van der Waals surface area contributed by atoms with Gasteiger partial charge in [-0.25, -0.2) is 0 Å². The van der Waals surface area contributed by atoms with Crippen LogP contribution in [0.5, 0.6) is 5.75 Å². The Morgan fingerprint density at radius 1 is 1.38 bits per heavy atom. The first-order valence-corrected chi connectivity index (χ1v) is 8.09. The van der Waals surface area contributed by atoms with Crippen molar-refractivity contribution in [3.05, 3.63) is 23.8 Å². The van der Waals surface area contributed by atoms with Gasteiger partial charge in [0.25, 0.3) is 0 Å². The molecule has 1 saturated heterocycles. The molecule has 0 unspecified atom stereocenters. The van der Waals surface area contributed by atoms with Crippen molar-refractivity contribution >= 4 is 17.5 Å². The predicted octanol–water partition coefficient (Wildman–Crippen LogP) is 0.515. The summed E-state index contributed by atoms with van der Waals surface area (Å²) in [6.45, 7) is 3.30. The van der Waals surface area contributed by atoms with Crippen molar-refractivity contribution < 1.29 is 19.4 Å². The zero-order valence-corrected chi connectivity index (χ0v) is 14.2. The van der Waals surface area contributed by atoms with Gasteiger partial charge in [0.15, 0.2) is 0 Å². The molecule has 3 N–H and O–H groups in total. The first-order chi connectivity index (χ1) is 11.5. The Morgan fingerprint density at radius 3 is 2.88 bits per heavy atom.